The van der Waals surface area contributed by atoms with E-state index in [9.17, 15) is 9.59 Å². The molecule has 12 heteroatoms. The molecular formula is C40H42N6O6. The van der Waals surface area contributed by atoms with Crippen molar-refractivity contribution in [3.05, 3.63) is 121 Å². The van der Waals surface area contributed by atoms with Gasteiger partial charge in [-0.2, -0.15) is 30.7 Å². The highest BCUT2D eigenvalue weighted by molar-refractivity contribution is 5.81. The fourth-order valence-electron chi connectivity index (χ4n) is 4.44. The number of hydrogen-bond acceptors (Lipinski definition) is 12. The van der Waals surface area contributed by atoms with E-state index in [0.717, 1.165) is 59.0 Å². The average Bonchev–Trinajstić information content (AvgIpc) is 3.16. The van der Waals surface area contributed by atoms with Crippen molar-refractivity contribution in [3.8, 4) is 11.5 Å². The summed E-state index contributed by atoms with van der Waals surface area (Å²) in [5.41, 5.74) is 6.06. The van der Waals surface area contributed by atoms with Crippen molar-refractivity contribution in [1.29, 1.82) is 0 Å². The molecule has 0 aliphatic heterocycles. The topological polar surface area (TPSA) is 145 Å². The molecule has 0 bridgehead atoms. The van der Waals surface area contributed by atoms with Gasteiger partial charge in [-0.3, -0.25) is 0 Å². The van der Waals surface area contributed by atoms with Crippen LogP contribution in [-0.2, 0) is 19.1 Å². The third-order valence-corrected chi connectivity index (χ3v) is 7.30. The van der Waals surface area contributed by atoms with Crippen molar-refractivity contribution in [3.63, 3.8) is 0 Å². The Hall–Kier alpha value is -6.30. The van der Waals surface area contributed by atoms with Gasteiger partial charge in [0.05, 0.1) is 60.6 Å². The van der Waals surface area contributed by atoms with E-state index in [4.69, 9.17) is 18.9 Å². The number of ether oxygens (including phenoxy) is 4. The highest BCUT2D eigenvalue weighted by Crippen LogP contribution is 2.30. The standard InChI is InChI=1S/C40H42N6O6/c1-5-39(47)51-25-9-7-23-49-35-17-11-31(12-18-35)41-43-33-15-21-38(29(3)27-33)46-44-34-16-22-37(30(4)28-34)45-42-32-13-19-36(20-14-32)50-24-8-10-26-52-40(48)6-2/h5-6,11-22,27-28H,1-2,7-10,23-26H2,3-4H3. The first-order chi connectivity index (χ1) is 25.3. The zero-order chi connectivity index (χ0) is 37.0. The van der Waals surface area contributed by atoms with Crippen LogP contribution in [0.1, 0.15) is 36.8 Å². The summed E-state index contributed by atoms with van der Waals surface area (Å²) in [4.78, 5) is 22.1. The minimum Gasteiger partial charge on any atom is -0.494 e. The molecule has 52 heavy (non-hydrogen) atoms. The second-order valence-corrected chi connectivity index (χ2v) is 11.4. The van der Waals surface area contributed by atoms with Gasteiger partial charge in [-0.25, -0.2) is 9.59 Å². The van der Waals surface area contributed by atoms with Crippen LogP contribution < -0.4 is 9.47 Å². The number of carbonyl (C=O) groups excluding carboxylic acids is 2. The van der Waals surface area contributed by atoms with E-state index in [-0.39, 0.29) is 0 Å². The molecule has 268 valence electrons. The summed E-state index contributed by atoms with van der Waals surface area (Å²) in [6, 6.07) is 25.9. The Balaban J connectivity index is 1.22. The molecular weight excluding hydrogens is 660 g/mol. The SMILES string of the molecule is C=CC(=O)OCCCCOc1ccc(N=Nc2ccc(N=Nc3ccc(N=Nc4ccc(OCCCCOC(=O)C=C)cc4)c(C)c3)c(C)c2)cc1. The highest BCUT2D eigenvalue weighted by atomic mass is 16.5. The number of esters is 2. The van der Waals surface area contributed by atoms with Crippen molar-refractivity contribution in [2.24, 2.45) is 30.7 Å². The summed E-state index contributed by atoms with van der Waals surface area (Å²) in [5.74, 6) is 0.625. The fourth-order valence-corrected chi connectivity index (χ4v) is 4.44. The molecule has 4 rings (SSSR count). The number of carbonyl (C=O) groups is 2. The first kappa shape index (κ1) is 38.5. The Bertz CT molecular complexity index is 1890. The maximum atomic E-state index is 11.1. The van der Waals surface area contributed by atoms with E-state index in [1.807, 2.05) is 98.8 Å². The van der Waals surface area contributed by atoms with Gasteiger partial charge >= 0.3 is 11.9 Å². The Morgan fingerprint density at radius 1 is 0.500 bits per heavy atom. The molecule has 0 radical (unpaired) electrons. The third-order valence-electron chi connectivity index (χ3n) is 7.30. The molecule has 12 nitrogen and oxygen atoms in total. The molecule has 0 aliphatic rings. The number of rotatable bonds is 20. The van der Waals surface area contributed by atoms with Crippen LogP contribution in [-0.4, -0.2) is 38.4 Å². The number of unbranched alkanes of at least 4 members (excludes halogenated alkanes) is 2. The van der Waals surface area contributed by atoms with E-state index >= 15 is 0 Å². The molecule has 0 N–H and O–H groups in total. The molecule has 0 spiro atoms. The van der Waals surface area contributed by atoms with Gasteiger partial charge in [-0.05, 0) is 136 Å². The maximum absolute atomic E-state index is 11.1. The minimum atomic E-state index is -0.416. The molecule has 0 amide bonds. The van der Waals surface area contributed by atoms with Crippen molar-refractivity contribution in [2.45, 2.75) is 39.5 Å². The quantitative estimate of drug-likeness (QED) is 0.0388. The summed E-state index contributed by atoms with van der Waals surface area (Å²) in [6.45, 7) is 12.4. The number of benzene rings is 4. The maximum Gasteiger partial charge on any atom is 0.330 e. The number of hydrogen-bond donors (Lipinski definition) is 0. The average molecular weight is 703 g/mol. The fraction of sp³-hybridized carbons (Fsp3) is 0.250. The van der Waals surface area contributed by atoms with Crippen LogP contribution in [0.15, 0.2) is 141 Å². The van der Waals surface area contributed by atoms with Gasteiger partial charge in [0.2, 0.25) is 0 Å². The van der Waals surface area contributed by atoms with E-state index in [0.29, 0.717) is 62.0 Å². The van der Waals surface area contributed by atoms with E-state index in [1.165, 1.54) is 0 Å². The molecule has 0 heterocycles. The van der Waals surface area contributed by atoms with Gasteiger partial charge in [0.1, 0.15) is 11.5 Å². The van der Waals surface area contributed by atoms with Crippen LogP contribution in [0.2, 0.25) is 0 Å². The molecule has 0 saturated heterocycles. The first-order valence-corrected chi connectivity index (χ1v) is 16.8. The summed E-state index contributed by atoms with van der Waals surface area (Å²) >= 11 is 0. The Labute approximate surface area is 303 Å². The second-order valence-electron chi connectivity index (χ2n) is 11.4. The third kappa shape index (κ3) is 13.5. The number of azo groups is 3. The van der Waals surface area contributed by atoms with Crippen LogP contribution in [0.3, 0.4) is 0 Å². The van der Waals surface area contributed by atoms with Gasteiger partial charge < -0.3 is 18.9 Å². The predicted octanol–water partition coefficient (Wildman–Crippen LogP) is 11.3. The second kappa shape index (κ2) is 21.0. The molecule has 0 unspecified atom stereocenters. The van der Waals surface area contributed by atoms with Gasteiger partial charge in [0, 0.05) is 12.2 Å². The Morgan fingerprint density at radius 3 is 1.25 bits per heavy atom. The normalized spacial score (nSPS) is 11.2. The predicted molar refractivity (Wildman–Crippen MR) is 200 cm³/mol. The largest absolute Gasteiger partial charge is 0.494 e. The lowest BCUT2D eigenvalue weighted by Crippen LogP contribution is -2.04. The van der Waals surface area contributed by atoms with E-state index < -0.39 is 11.9 Å². The smallest absolute Gasteiger partial charge is 0.330 e. The van der Waals surface area contributed by atoms with Gasteiger partial charge in [-0.15, -0.1) is 0 Å². The Kier molecular flexibility index (Phi) is 15.6. The summed E-state index contributed by atoms with van der Waals surface area (Å²) in [6.07, 6.45) is 5.25. The van der Waals surface area contributed by atoms with Crippen molar-refractivity contribution < 1.29 is 28.5 Å². The van der Waals surface area contributed by atoms with Crippen LogP contribution in [0.4, 0.5) is 34.1 Å². The molecule has 0 aromatic heterocycles. The lowest BCUT2D eigenvalue weighted by atomic mass is 10.2. The van der Waals surface area contributed by atoms with Gasteiger partial charge in [-0.1, -0.05) is 13.2 Å². The van der Waals surface area contributed by atoms with Crippen molar-refractivity contribution in [2.75, 3.05) is 26.4 Å². The highest BCUT2D eigenvalue weighted by Gasteiger charge is 2.04. The molecule has 0 fully saturated rings. The van der Waals surface area contributed by atoms with Crippen LogP contribution >= 0.6 is 0 Å². The van der Waals surface area contributed by atoms with Gasteiger partial charge in [0.25, 0.3) is 0 Å². The first-order valence-electron chi connectivity index (χ1n) is 16.8. The van der Waals surface area contributed by atoms with Crippen LogP contribution in [0, 0.1) is 13.8 Å². The molecule has 4 aromatic rings. The number of aryl methyl sites for hydroxylation is 2. The van der Waals surface area contributed by atoms with E-state index in [1.54, 1.807) is 0 Å². The zero-order valence-electron chi connectivity index (χ0n) is 29.4. The zero-order valence-corrected chi connectivity index (χ0v) is 29.4. The van der Waals surface area contributed by atoms with Crippen LogP contribution in [0.25, 0.3) is 0 Å². The van der Waals surface area contributed by atoms with Crippen molar-refractivity contribution >= 4 is 46.1 Å². The van der Waals surface area contributed by atoms with E-state index in [2.05, 4.69) is 43.8 Å². The molecule has 0 atom stereocenters. The lowest BCUT2D eigenvalue weighted by Gasteiger charge is -2.06. The summed E-state index contributed by atoms with van der Waals surface area (Å²) in [5, 5.41) is 26.3. The minimum absolute atomic E-state index is 0.345. The number of nitrogens with zero attached hydrogens (tertiary/aromatic N) is 6. The molecule has 0 aliphatic carbocycles. The molecule has 0 saturated carbocycles. The van der Waals surface area contributed by atoms with Crippen LogP contribution in [0.5, 0.6) is 11.5 Å². The monoisotopic (exact) mass is 702 g/mol. The van der Waals surface area contributed by atoms with Gasteiger partial charge in [0.15, 0.2) is 0 Å². The summed E-state index contributed by atoms with van der Waals surface area (Å²) < 4.78 is 21.4. The Morgan fingerprint density at radius 2 is 0.846 bits per heavy atom. The lowest BCUT2D eigenvalue weighted by molar-refractivity contribution is -0.138. The molecule has 4 aromatic carbocycles. The van der Waals surface area contributed by atoms with Crippen molar-refractivity contribution in [1.82, 2.24) is 0 Å². The summed E-state index contributed by atoms with van der Waals surface area (Å²) in [7, 11) is 0.